The highest BCUT2D eigenvalue weighted by molar-refractivity contribution is 5.77. The predicted molar refractivity (Wildman–Crippen MR) is 118 cm³/mol. The van der Waals surface area contributed by atoms with E-state index in [0.29, 0.717) is 12.2 Å². The number of carbonyl (C=O) groups excluding carboxylic acids is 1. The van der Waals surface area contributed by atoms with E-state index in [-0.39, 0.29) is 18.0 Å². The lowest BCUT2D eigenvalue weighted by Gasteiger charge is -2.41. The maximum atomic E-state index is 12.7. The highest BCUT2D eigenvalue weighted by Crippen LogP contribution is 2.30. The number of nitrogens with one attached hydrogen (secondary N) is 1. The molecule has 1 amide bonds. The zero-order valence-corrected chi connectivity index (χ0v) is 17.8. The highest BCUT2D eigenvalue weighted by Gasteiger charge is 2.39. The van der Waals surface area contributed by atoms with E-state index < -0.39 is 0 Å². The van der Waals surface area contributed by atoms with Crippen LogP contribution in [0.5, 0.6) is 5.75 Å². The number of amides is 1. The van der Waals surface area contributed by atoms with Crippen molar-refractivity contribution in [2.24, 2.45) is 0 Å². The van der Waals surface area contributed by atoms with Gasteiger partial charge in [0.15, 0.2) is 5.82 Å². The Morgan fingerprint density at radius 3 is 2.52 bits per heavy atom. The number of fused-ring (bicyclic) bond motifs is 1. The minimum atomic E-state index is -0.247. The molecule has 31 heavy (non-hydrogen) atoms. The maximum absolute atomic E-state index is 12.7. The van der Waals surface area contributed by atoms with E-state index in [1.807, 2.05) is 30.3 Å². The van der Waals surface area contributed by atoms with Crippen molar-refractivity contribution in [1.82, 2.24) is 25.0 Å². The molecule has 1 N–H and O–H groups in total. The summed E-state index contributed by atoms with van der Waals surface area (Å²) in [6, 6.07) is 18.3. The molecule has 0 aliphatic carbocycles. The van der Waals surface area contributed by atoms with Gasteiger partial charge in [0.2, 0.25) is 5.91 Å². The van der Waals surface area contributed by atoms with Gasteiger partial charge in [-0.25, -0.2) is 9.67 Å². The van der Waals surface area contributed by atoms with E-state index in [0.717, 1.165) is 49.6 Å². The summed E-state index contributed by atoms with van der Waals surface area (Å²) in [5, 5.41) is 7.93. The average molecular weight is 418 g/mol. The van der Waals surface area contributed by atoms with Crippen LogP contribution >= 0.6 is 0 Å². The third kappa shape index (κ3) is 4.18. The zero-order chi connectivity index (χ0) is 21.3. The van der Waals surface area contributed by atoms with Crippen molar-refractivity contribution in [3.63, 3.8) is 0 Å². The molecule has 5 rings (SSSR count). The number of benzene rings is 2. The molecule has 0 atom stereocenters. The molecular weight excluding hydrogens is 390 g/mol. The van der Waals surface area contributed by atoms with Gasteiger partial charge in [-0.05, 0) is 42.7 Å². The van der Waals surface area contributed by atoms with Crippen molar-refractivity contribution < 1.29 is 9.53 Å². The molecule has 2 aliphatic heterocycles. The van der Waals surface area contributed by atoms with Crippen LogP contribution in [0.3, 0.4) is 0 Å². The molecule has 0 bridgehead atoms. The topological polar surface area (TPSA) is 72.3 Å². The van der Waals surface area contributed by atoms with E-state index in [2.05, 4.69) is 39.6 Å². The van der Waals surface area contributed by atoms with Gasteiger partial charge in [-0.1, -0.05) is 30.3 Å². The minimum Gasteiger partial charge on any atom is -0.497 e. The van der Waals surface area contributed by atoms with Gasteiger partial charge in [0, 0.05) is 37.2 Å². The Morgan fingerprint density at radius 2 is 1.81 bits per heavy atom. The summed E-state index contributed by atoms with van der Waals surface area (Å²) < 4.78 is 7.00. The zero-order valence-electron chi connectivity index (χ0n) is 17.8. The summed E-state index contributed by atoms with van der Waals surface area (Å²) in [5.41, 5.74) is 2.00. The predicted octanol–water partition coefficient (Wildman–Crippen LogP) is 2.66. The summed E-state index contributed by atoms with van der Waals surface area (Å²) >= 11 is 0. The molecule has 1 aromatic heterocycles. The van der Waals surface area contributed by atoms with Crippen molar-refractivity contribution in [3.8, 4) is 17.1 Å². The van der Waals surface area contributed by atoms with Crippen molar-refractivity contribution in [2.75, 3.05) is 20.2 Å². The minimum absolute atomic E-state index is 0.0152. The smallest absolute Gasteiger partial charge is 0.242 e. The number of carbonyl (C=O) groups is 1. The van der Waals surface area contributed by atoms with E-state index in [4.69, 9.17) is 9.72 Å². The lowest BCUT2D eigenvalue weighted by molar-refractivity contribution is -0.123. The van der Waals surface area contributed by atoms with Gasteiger partial charge in [0.05, 0.1) is 7.11 Å². The Hall–Kier alpha value is -3.19. The Bertz CT molecular complexity index is 1050. The number of hydrogen-bond donors (Lipinski definition) is 1. The van der Waals surface area contributed by atoms with Gasteiger partial charge in [0.25, 0.3) is 0 Å². The Balaban J connectivity index is 1.32. The normalized spacial score (nSPS) is 18.3. The molecule has 0 saturated carbocycles. The average Bonchev–Trinajstić information content (AvgIpc) is 3.12. The van der Waals surface area contributed by atoms with E-state index >= 15 is 0 Å². The molecule has 0 unspecified atom stereocenters. The van der Waals surface area contributed by atoms with Gasteiger partial charge in [-0.15, -0.1) is 0 Å². The third-order valence-electron chi connectivity index (χ3n) is 6.35. The summed E-state index contributed by atoms with van der Waals surface area (Å²) in [7, 11) is 1.65. The SMILES string of the molecule is COc1ccc(-c2nc3n(n2)CC(=O)NC2(CCN(Cc4ccccc4)CC2)C3)cc1. The Labute approximate surface area is 182 Å². The van der Waals surface area contributed by atoms with Crippen molar-refractivity contribution in [2.45, 2.75) is 37.9 Å². The lowest BCUT2D eigenvalue weighted by atomic mass is 9.84. The van der Waals surface area contributed by atoms with Crippen LogP contribution in [0.15, 0.2) is 54.6 Å². The molecule has 1 spiro atoms. The highest BCUT2D eigenvalue weighted by atomic mass is 16.5. The largest absolute Gasteiger partial charge is 0.497 e. The maximum Gasteiger partial charge on any atom is 0.242 e. The van der Waals surface area contributed by atoms with Crippen LogP contribution in [0.2, 0.25) is 0 Å². The number of piperidine rings is 1. The van der Waals surface area contributed by atoms with Crippen LogP contribution in [0, 0.1) is 0 Å². The van der Waals surface area contributed by atoms with E-state index in [9.17, 15) is 4.79 Å². The molecule has 2 aliphatic rings. The van der Waals surface area contributed by atoms with E-state index in [1.54, 1.807) is 11.8 Å². The molecule has 0 radical (unpaired) electrons. The molecule has 1 saturated heterocycles. The quantitative estimate of drug-likeness (QED) is 0.707. The van der Waals surface area contributed by atoms with Crippen LogP contribution in [0.25, 0.3) is 11.4 Å². The number of likely N-dealkylation sites (tertiary alicyclic amines) is 1. The summed E-state index contributed by atoms with van der Waals surface area (Å²) in [6.07, 6.45) is 2.54. The van der Waals surface area contributed by atoms with Crippen LogP contribution in [0.1, 0.15) is 24.2 Å². The second-order valence-corrected chi connectivity index (χ2v) is 8.50. The fourth-order valence-corrected chi connectivity index (χ4v) is 4.59. The molecule has 7 heteroatoms. The number of aromatic nitrogens is 3. The first-order valence-corrected chi connectivity index (χ1v) is 10.8. The van der Waals surface area contributed by atoms with Gasteiger partial charge in [0.1, 0.15) is 18.1 Å². The lowest BCUT2D eigenvalue weighted by Crippen LogP contribution is -2.56. The van der Waals surface area contributed by atoms with Gasteiger partial charge < -0.3 is 10.1 Å². The molecule has 160 valence electrons. The van der Waals surface area contributed by atoms with Gasteiger partial charge in [-0.3, -0.25) is 9.69 Å². The van der Waals surface area contributed by atoms with Crippen molar-refractivity contribution in [1.29, 1.82) is 0 Å². The van der Waals surface area contributed by atoms with E-state index in [1.165, 1.54) is 5.56 Å². The summed E-state index contributed by atoms with van der Waals surface area (Å²) in [6.45, 7) is 3.07. The summed E-state index contributed by atoms with van der Waals surface area (Å²) in [4.78, 5) is 20.0. The molecular formula is C24H27N5O2. The van der Waals surface area contributed by atoms with Gasteiger partial charge >= 0.3 is 0 Å². The molecule has 7 nitrogen and oxygen atoms in total. The third-order valence-corrected chi connectivity index (χ3v) is 6.35. The first kappa shape index (κ1) is 19.8. The first-order chi connectivity index (χ1) is 15.1. The second kappa shape index (κ2) is 8.15. The molecule has 1 fully saturated rings. The monoisotopic (exact) mass is 417 g/mol. The number of ether oxygens (including phenoxy) is 1. The van der Waals surface area contributed by atoms with Crippen molar-refractivity contribution >= 4 is 5.91 Å². The van der Waals surface area contributed by atoms with Gasteiger partial charge in [-0.2, -0.15) is 5.10 Å². The van der Waals surface area contributed by atoms with Crippen LogP contribution in [-0.2, 0) is 24.3 Å². The number of nitrogens with zero attached hydrogens (tertiary/aromatic N) is 4. The first-order valence-electron chi connectivity index (χ1n) is 10.8. The van der Waals surface area contributed by atoms with Crippen LogP contribution in [-0.4, -0.2) is 51.3 Å². The molecule has 3 heterocycles. The standard InChI is InChI=1S/C24H27N5O2/c1-31-20-9-7-19(8-10-20)23-25-21-15-24(26-22(30)17-29(21)27-23)11-13-28(14-12-24)16-18-5-3-2-4-6-18/h2-10H,11-17H2,1H3,(H,26,30). The van der Waals surface area contributed by atoms with Crippen LogP contribution in [0.4, 0.5) is 0 Å². The fourth-order valence-electron chi connectivity index (χ4n) is 4.59. The second-order valence-electron chi connectivity index (χ2n) is 8.50. The fraction of sp³-hybridized carbons (Fsp3) is 0.375. The number of hydrogen-bond acceptors (Lipinski definition) is 5. The number of rotatable bonds is 4. The van der Waals surface area contributed by atoms with Crippen LogP contribution < -0.4 is 10.1 Å². The van der Waals surface area contributed by atoms with Crippen molar-refractivity contribution in [3.05, 3.63) is 66.0 Å². The Morgan fingerprint density at radius 1 is 1.06 bits per heavy atom. The number of methoxy groups -OCH3 is 1. The molecule has 2 aromatic carbocycles. The molecule has 3 aromatic rings. The Kier molecular flexibility index (Phi) is 5.19. The summed E-state index contributed by atoms with van der Waals surface area (Å²) in [5.74, 6) is 2.34.